The van der Waals surface area contributed by atoms with Crippen molar-refractivity contribution >= 4 is 21.6 Å². The molecule has 0 aliphatic heterocycles. The largest absolute Gasteiger partial charge is 0.348 e. The van der Waals surface area contributed by atoms with Crippen molar-refractivity contribution in [2.75, 3.05) is 17.1 Å². The van der Waals surface area contributed by atoms with Crippen LogP contribution in [-0.4, -0.2) is 27.1 Å². The molecule has 2 aromatic rings. The second-order valence-corrected chi connectivity index (χ2v) is 9.64. The molecule has 1 aliphatic rings. The number of aryl methyl sites for hydroxylation is 4. The number of carbonyl (C=O) groups excluding carboxylic acids is 1. The van der Waals surface area contributed by atoms with E-state index in [0.717, 1.165) is 35.8 Å². The molecule has 0 bridgehead atoms. The zero-order valence-corrected chi connectivity index (χ0v) is 17.8. The van der Waals surface area contributed by atoms with E-state index in [1.165, 1.54) is 21.9 Å². The van der Waals surface area contributed by atoms with Gasteiger partial charge < -0.3 is 5.32 Å². The molecule has 0 saturated carbocycles. The van der Waals surface area contributed by atoms with Crippen LogP contribution in [0, 0.1) is 13.8 Å². The number of hydrogen-bond acceptors (Lipinski definition) is 3. The summed E-state index contributed by atoms with van der Waals surface area (Å²) in [7, 11) is -3.59. The number of sulfonamides is 1. The molecule has 0 fully saturated rings. The summed E-state index contributed by atoms with van der Waals surface area (Å²) in [6, 6.07) is 11.8. The topological polar surface area (TPSA) is 66.5 Å². The van der Waals surface area contributed by atoms with Gasteiger partial charge in [0.05, 0.1) is 18.0 Å². The monoisotopic (exact) mass is 400 g/mol. The smallest absolute Gasteiger partial charge is 0.241 e. The number of anilines is 1. The Morgan fingerprint density at radius 2 is 1.82 bits per heavy atom. The van der Waals surface area contributed by atoms with E-state index in [1.807, 2.05) is 39.0 Å². The molecule has 3 rings (SSSR count). The third kappa shape index (κ3) is 4.55. The SMILES string of the molecule is Cc1ccc(C)c(N(CC(=O)NC(C)c2ccc3c(c2)CCC3)S(C)(=O)=O)c1. The van der Waals surface area contributed by atoms with Gasteiger partial charge in [-0.05, 0) is 73.9 Å². The van der Waals surface area contributed by atoms with Gasteiger partial charge in [-0.1, -0.05) is 30.3 Å². The predicted octanol–water partition coefficient (Wildman–Crippen LogP) is 3.44. The summed E-state index contributed by atoms with van der Waals surface area (Å²) in [5.74, 6) is -0.320. The summed E-state index contributed by atoms with van der Waals surface area (Å²) >= 11 is 0. The Hall–Kier alpha value is -2.34. The van der Waals surface area contributed by atoms with Gasteiger partial charge in [0.2, 0.25) is 15.9 Å². The van der Waals surface area contributed by atoms with E-state index < -0.39 is 10.0 Å². The first-order valence-electron chi connectivity index (χ1n) is 9.61. The number of carbonyl (C=O) groups is 1. The van der Waals surface area contributed by atoms with E-state index in [0.29, 0.717) is 5.69 Å². The lowest BCUT2D eigenvalue weighted by Crippen LogP contribution is -2.41. The molecular weight excluding hydrogens is 372 g/mol. The van der Waals surface area contributed by atoms with E-state index in [9.17, 15) is 13.2 Å². The molecular formula is C22H28N2O3S. The Bertz CT molecular complexity index is 999. The number of nitrogens with zero attached hydrogens (tertiary/aromatic N) is 1. The van der Waals surface area contributed by atoms with Crippen LogP contribution < -0.4 is 9.62 Å². The van der Waals surface area contributed by atoms with Crippen molar-refractivity contribution in [3.63, 3.8) is 0 Å². The van der Waals surface area contributed by atoms with Crippen LogP contribution in [-0.2, 0) is 27.7 Å². The van der Waals surface area contributed by atoms with Gasteiger partial charge in [0.15, 0.2) is 0 Å². The second-order valence-electron chi connectivity index (χ2n) is 7.73. The fraction of sp³-hybridized carbons (Fsp3) is 0.409. The van der Waals surface area contributed by atoms with Crippen LogP contribution in [0.15, 0.2) is 36.4 Å². The molecule has 0 spiro atoms. The molecule has 1 amide bonds. The second kappa shape index (κ2) is 7.95. The van der Waals surface area contributed by atoms with Gasteiger partial charge in [-0.15, -0.1) is 0 Å². The van der Waals surface area contributed by atoms with Crippen LogP contribution in [0.3, 0.4) is 0 Å². The number of rotatable bonds is 6. The molecule has 1 N–H and O–H groups in total. The van der Waals surface area contributed by atoms with E-state index in [1.54, 1.807) is 6.07 Å². The van der Waals surface area contributed by atoms with Crippen LogP contribution in [0.1, 0.15) is 47.2 Å². The summed E-state index contributed by atoms with van der Waals surface area (Å²) in [4.78, 5) is 12.7. The molecule has 1 unspecified atom stereocenters. The van der Waals surface area contributed by atoms with Crippen molar-refractivity contribution in [1.82, 2.24) is 5.32 Å². The van der Waals surface area contributed by atoms with Gasteiger partial charge in [-0.3, -0.25) is 9.10 Å². The van der Waals surface area contributed by atoms with Gasteiger partial charge in [-0.25, -0.2) is 8.42 Å². The molecule has 0 aromatic heterocycles. The molecule has 1 atom stereocenters. The van der Waals surface area contributed by atoms with Crippen LogP contribution >= 0.6 is 0 Å². The minimum atomic E-state index is -3.59. The van der Waals surface area contributed by atoms with Crippen LogP contribution in [0.25, 0.3) is 0 Å². The van der Waals surface area contributed by atoms with Crippen LogP contribution in [0.4, 0.5) is 5.69 Å². The summed E-state index contributed by atoms with van der Waals surface area (Å²) in [5.41, 5.74) is 6.10. The highest BCUT2D eigenvalue weighted by Gasteiger charge is 2.23. The van der Waals surface area contributed by atoms with E-state index >= 15 is 0 Å². The van der Waals surface area contributed by atoms with Crippen molar-refractivity contribution in [3.05, 3.63) is 64.2 Å². The van der Waals surface area contributed by atoms with Crippen molar-refractivity contribution in [1.29, 1.82) is 0 Å². The molecule has 28 heavy (non-hydrogen) atoms. The van der Waals surface area contributed by atoms with Crippen molar-refractivity contribution in [3.8, 4) is 0 Å². The molecule has 6 heteroatoms. The van der Waals surface area contributed by atoms with Gasteiger partial charge in [0.25, 0.3) is 0 Å². The maximum Gasteiger partial charge on any atom is 0.241 e. The maximum absolute atomic E-state index is 12.7. The van der Waals surface area contributed by atoms with Crippen molar-refractivity contribution < 1.29 is 13.2 Å². The minimum Gasteiger partial charge on any atom is -0.348 e. The summed E-state index contributed by atoms with van der Waals surface area (Å²) in [6.45, 7) is 5.44. The molecule has 0 heterocycles. The van der Waals surface area contributed by atoms with E-state index in [2.05, 4.69) is 17.4 Å². The highest BCUT2D eigenvalue weighted by Crippen LogP contribution is 2.26. The predicted molar refractivity (Wildman–Crippen MR) is 113 cm³/mol. The lowest BCUT2D eigenvalue weighted by molar-refractivity contribution is -0.120. The Morgan fingerprint density at radius 3 is 2.54 bits per heavy atom. The zero-order chi connectivity index (χ0) is 20.5. The normalized spacial score (nSPS) is 14.4. The number of hydrogen-bond donors (Lipinski definition) is 1. The third-order valence-corrected chi connectivity index (χ3v) is 6.45. The van der Waals surface area contributed by atoms with Gasteiger partial charge >= 0.3 is 0 Å². The Morgan fingerprint density at radius 1 is 1.11 bits per heavy atom. The molecule has 1 aliphatic carbocycles. The lowest BCUT2D eigenvalue weighted by Gasteiger charge is -2.25. The summed E-state index contributed by atoms with van der Waals surface area (Å²) in [5, 5.41) is 2.95. The first-order chi connectivity index (χ1) is 13.1. The van der Waals surface area contributed by atoms with Gasteiger partial charge in [0.1, 0.15) is 6.54 Å². The highest BCUT2D eigenvalue weighted by molar-refractivity contribution is 7.92. The van der Waals surface area contributed by atoms with Crippen LogP contribution in [0.2, 0.25) is 0 Å². The zero-order valence-electron chi connectivity index (χ0n) is 17.0. The first-order valence-corrected chi connectivity index (χ1v) is 11.5. The maximum atomic E-state index is 12.7. The standard InChI is InChI=1S/C22H28N2O3S/c1-15-8-9-16(2)21(12-15)24(28(4,26)27)14-22(25)23-17(3)19-11-10-18-6-5-7-20(18)13-19/h8-13,17H,5-7,14H2,1-4H3,(H,23,25). The Labute approximate surface area is 167 Å². The molecule has 150 valence electrons. The van der Waals surface area contributed by atoms with Crippen molar-refractivity contribution in [2.45, 2.75) is 46.1 Å². The average Bonchev–Trinajstić information content (AvgIpc) is 3.08. The average molecular weight is 401 g/mol. The minimum absolute atomic E-state index is 0.182. The summed E-state index contributed by atoms with van der Waals surface area (Å²) < 4.78 is 25.9. The number of nitrogens with one attached hydrogen (secondary N) is 1. The Kier molecular flexibility index (Phi) is 5.79. The third-order valence-electron chi connectivity index (χ3n) is 5.32. The molecule has 0 radical (unpaired) electrons. The van der Waals surface area contributed by atoms with Crippen molar-refractivity contribution in [2.24, 2.45) is 0 Å². The lowest BCUT2D eigenvalue weighted by atomic mass is 10.0. The number of fused-ring (bicyclic) bond motifs is 1. The number of amides is 1. The van der Waals surface area contributed by atoms with Crippen LogP contribution in [0.5, 0.6) is 0 Å². The fourth-order valence-corrected chi connectivity index (χ4v) is 4.64. The van der Waals surface area contributed by atoms with E-state index in [-0.39, 0.29) is 18.5 Å². The first kappa shape index (κ1) is 20.4. The quantitative estimate of drug-likeness (QED) is 0.808. The highest BCUT2D eigenvalue weighted by atomic mass is 32.2. The fourth-order valence-electron chi connectivity index (χ4n) is 3.73. The van der Waals surface area contributed by atoms with E-state index in [4.69, 9.17) is 0 Å². The van der Waals surface area contributed by atoms with Gasteiger partial charge in [0, 0.05) is 0 Å². The number of benzene rings is 2. The molecule has 5 nitrogen and oxygen atoms in total. The molecule has 2 aromatic carbocycles. The summed E-state index contributed by atoms with van der Waals surface area (Å²) in [6.07, 6.45) is 4.51. The van der Waals surface area contributed by atoms with Gasteiger partial charge in [-0.2, -0.15) is 0 Å². The molecule has 0 saturated heterocycles. The Balaban J connectivity index is 1.76.